The molecule has 3 amide bonds. The zero-order chi connectivity index (χ0) is 19.7. The predicted molar refractivity (Wildman–Crippen MR) is 104 cm³/mol. The normalized spacial score (nSPS) is 25.8. The molecule has 4 rings (SSSR count). The van der Waals surface area contributed by atoms with Crippen LogP contribution in [-0.2, 0) is 22.7 Å². The van der Waals surface area contributed by atoms with Crippen LogP contribution in [0.25, 0.3) is 0 Å². The average molecular weight is 384 g/mol. The highest BCUT2D eigenvalue weighted by Crippen LogP contribution is 2.31. The van der Waals surface area contributed by atoms with Crippen molar-refractivity contribution in [1.82, 2.24) is 20.4 Å². The second-order valence-corrected chi connectivity index (χ2v) is 8.03. The molecule has 150 valence electrons. The quantitative estimate of drug-likeness (QED) is 0.741. The van der Waals surface area contributed by atoms with Crippen molar-refractivity contribution in [3.05, 3.63) is 34.9 Å². The molecular weight excluding hydrogens is 356 g/mol. The second kappa shape index (κ2) is 8.01. The Hall–Kier alpha value is -2.25. The summed E-state index contributed by atoms with van der Waals surface area (Å²) in [7, 11) is 1.98. The first-order valence-electron chi connectivity index (χ1n) is 10.2. The van der Waals surface area contributed by atoms with Crippen molar-refractivity contribution < 1.29 is 14.4 Å². The molecule has 1 aromatic carbocycles. The molecule has 0 bridgehead atoms. The summed E-state index contributed by atoms with van der Waals surface area (Å²) in [6, 6.07) is 5.95. The maximum atomic E-state index is 13.2. The first-order valence-corrected chi connectivity index (χ1v) is 10.2. The molecule has 2 saturated heterocycles. The van der Waals surface area contributed by atoms with Gasteiger partial charge in [0.1, 0.15) is 6.04 Å². The number of likely N-dealkylation sites (N-methyl/N-ethyl adjacent to an activating group) is 1. The van der Waals surface area contributed by atoms with Crippen molar-refractivity contribution in [2.45, 2.75) is 57.3 Å². The third-order valence-corrected chi connectivity index (χ3v) is 6.20. The summed E-state index contributed by atoms with van der Waals surface area (Å²) in [5, 5.41) is 5.65. The van der Waals surface area contributed by atoms with Gasteiger partial charge in [-0.05, 0) is 44.0 Å². The molecular formula is C21H28N4O3. The van der Waals surface area contributed by atoms with E-state index in [1.165, 1.54) is 19.3 Å². The Morgan fingerprint density at radius 3 is 2.82 bits per heavy atom. The van der Waals surface area contributed by atoms with Crippen LogP contribution in [0.5, 0.6) is 0 Å². The van der Waals surface area contributed by atoms with Crippen molar-refractivity contribution in [1.29, 1.82) is 0 Å². The number of piperidine rings is 2. The van der Waals surface area contributed by atoms with Gasteiger partial charge in [-0.15, -0.1) is 0 Å². The van der Waals surface area contributed by atoms with E-state index in [2.05, 4.69) is 15.5 Å². The Bertz CT molecular complexity index is 792. The van der Waals surface area contributed by atoms with Crippen molar-refractivity contribution >= 4 is 17.7 Å². The number of rotatable bonds is 5. The van der Waals surface area contributed by atoms with E-state index in [0.29, 0.717) is 19.0 Å². The molecule has 1 unspecified atom stereocenters. The number of hydrogen-bond donors (Lipinski definition) is 2. The molecule has 0 aliphatic carbocycles. The molecule has 0 saturated carbocycles. The number of imide groups is 1. The van der Waals surface area contributed by atoms with Gasteiger partial charge in [-0.25, -0.2) is 0 Å². The molecule has 2 fully saturated rings. The zero-order valence-electron chi connectivity index (χ0n) is 16.4. The predicted octanol–water partition coefficient (Wildman–Crippen LogP) is 1.02. The fraction of sp³-hybridized carbons (Fsp3) is 0.571. The summed E-state index contributed by atoms with van der Waals surface area (Å²) in [5.74, 6) is -0.696. The molecule has 7 nitrogen and oxygen atoms in total. The Labute approximate surface area is 165 Å². The van der Waals surface area contributed by atoms with Crippen LogP contribution in [0.4, 0.5) is 0 Å². The van der Waals surface area contributed by atoms with Gasteiger partial charge in [0.25, 0.3) is 5.91 Å². The molecule has 7 heteroatoms. The molecule has 1 aromatic rings. The Kier molecular flexibility index (Phi) is 5.46. The van der Waals surface area contributed by atoms with E-state index in [-0.39, 0.29) is 24.1 Å². The molecule has 2 atom stereocenters. The van der Waals surface area contributed by atoms with Crippen LogP contribution in [0.3, 0.4) is 0 Å². The highest BCUT2D eigenvalue weighted by atomic mass is 16.2. The van der Waals surface area contributed by atoms with Crippen LogP contribution in [0.1, 0.15) is 53.6 Å². The van der Waals surface area contributed by atoms with E-state index in [4.69, 9.17) is 0 Å². The molecule has 3 heterocycles. The number of benzene rings is 1. The number of carbonyl (C=O) groups excluding carboxylic acids is 3. The van der Waals surface area contributed by atoms with E-state index in [1.807, 2.05) is 25.2 Å². The molecule has 0 radical (unpaired) electrons. The zero-order valence-corrected chi connectivity index (χ0v) is 16.4. The van der Waals surface area contributed by atoms with Gasteiger partial charge in [-0.2, -0.15) is 0 Å². The van der Waals surface area contributed by atoms with Gasteiger partial charge < -0.3 is 10.2 Å². The van der Waals surface area contributed by atoms with Crippen LogP contribution >= 0.6 is 0 Å². The minimum atomic E-state index is -0.558. The lowest BCUT2D eigenvalue weighted by molar-refractivity contribution is -0.136. The van der Waals surface area contributed by atoms with Crippen LogP contribution in [-0.4, -0.2) is 59.7 Å². The molecule has 0 spiro atoms. The van der Waals surface area contributed by atoms with Gasteiger partial charge in [-0.3, -0.25) is 24.6 Å². The number of nitrogens with one attached hydrogen (secondary N) is 2. The standard InChI is InChI=1S/C21H28N4O3/c1-22-11-16-7-2-3-10-24(16)12-14-5-4-6-15-13-25(21(28)19(14)15)17-8-9-18(26)23-20(17)27/h4-6,16-17,22H,2-3,7-13H2,1H3,(H,23,26,27)/t16-,17?/m0/s1. The molecule has 3 aliphatic heterocycles. The average Bonchev–Trinajstić information content (AvgIpc) is 3.01. The fourth-order valence-electron chi connectivity index (χ4n) is 4.78. The summed E-state index contributed by atoms with van der Waals surface area (Å²) in [6.45, 7) is 3.19. The maximum absolute atomic E-state index is 13.2. The lowest BCUT2D eigenvalue weighted by Gasteiger charge is -2.36. The fourth-order valence-corrected chi connectivity index (χ4v) is 4.78. The highest BCUT2D eigenvalue weighted by Gasteiger charge is 2.40. The smallest absolute Gasteiger partial charge is 0.255 e. The van der Waals surface area contributed by atoms with Gasteiger partial charge in [0, 0.05) is 37.7 Å². The number of likely N-dealkylation sites (tertiary alicyclic amines) is 1. The van der Waals surface area contributed by atoms with Gasteiger partial charge >= 0.3 is 0 Å². The molecule has 2 N–H and O–H groups in total. The Balaban J connectivity index is 1.55. The number of nitrogens with zero attached hydrogens (tertiary/aromatic N) is 2. The first kappa shape index (κ1) is 19.1. The monoisotopic (exact) mass is 384 g/mol. The van der Waals surface area contributed by atoms with Crippen molar-refractivity contribution in [2.75, 3.05) is 20.1 Å². The van der Waals surface area contributed by atoms with Gasteiger partial charge in [0.05, 0.1) is 0 Å². The lowest BCUT2D eigenvalue weighted by Crippen LogP contribution is -2.52. The Morgan fingerprint density at radius 1 is 1.18 bits per heavy atom. The molecule has 3 aliphatic rings. The minimum Gasteiger partial charge on any atom is -0.322 e. The number of carbonyl (C=O) groups is 3. The maximum Gasteiger partial charge on any atom is 0.255 e. The van der Waals surface area contributed by atoms with Gasteiger partial charge in [0.2, 0.25) is 11.8 Å². The topological polar surface area (TPSA) is 81.8 Å². The second-order valence-electron chi connectivity index (χ2n) is 8.03. The summed E-state index contributed by atoms with van der Waals surface area (Å²) in [4.78, 5) is 41.0. The first-order chi connectivity index (χ1) is 13.6. The third kappa shape index (κ3) is 3.56. The summed E-state index contributed by atoms with van der Waals surface area (Å²) >= 11 is 0. The van der Waals surface area contributed by atoms with Crippen LogP contribution < -0.4 is 10.6 Å². The van der Waals surface area contributed by atoms with Gasteiger partial charge in [0.15, 0.2) is 0 Å². The van der Waals surface area contributed by atoms with Crippen LogP contribution in [0.15, 0.2) is 18.2 Å². The number of amides is 3. The highest BCUT2D eigenvalue weighted by molar-refractivity contribution is 6.05. The van der Waals surface area contributed by atoms with E-state index in [1.54, 1.807) is 4.90 Å². The molecule has 28 heavy (non-hydrogen) atoms. The number of fused-ring (bicyclic) bond motifs is 1. The molecule has 0 aromatic heterocycles. The minimum absolute atomic E-state index is 0.0812. The van der Waals surface area contributed by atoms with Crippen molar-refractivity contribution in [3.8, 4) is 0 Å². The van der Waals surface area contributed by atoms with Crippen LogP contribution in [0.2, 0.25) is 0 Å². The van der Waals surface area contributed by atoms with E-state index in [9.17, 15) is 14.4 Å². The summed E-state index contributed by atoms with van der Waals surface area (Å²) < 4.78 is 0. The summed E-state index contributed by atoms with van der Waals surface area (Å²) in [5.41, 5.74) is 2.77. The van der Waals surface area contributed by atoms with E-state index in [0.717, 1.165) is 36.3 Å². The van der Waals surface area contributed by atoms with Crippen molar-refractivity contribution in [2.24, 2.45) is 0 Å². The van der Waals surface area contributed by atoms with E-state index >= 15 is 0 Å². The van der Waals surface area contributed by atoms with E-state index < -0.39 is 6.04 Å². The largest absolute Gasteiger partial charge is 0.322 e. The lowest BCUT2D eigenvalue weighted by atomic mass is 9.98. The summed E-state index contributed by atoms with van der Waals surface area (Å²) in [6.07, 6.45) is 4.29. The number of hydrogen-bond acceptors (Lipinski definition) is 5. The third-order valence-electron chi connectivity index (χ3n) is 6.20. The SMILES string of the molecule is CNC[C@@H]1CCCCN1Cc1cccc2c1C(=O)N(C1CCC(=O)NC1=O)C2. The van der Waals surface area contributed by atoms with Crippen molar-refractivity contribution in [3.63, 3.8) is 0 Å². The van der Waals surface area contributed by atoms with Gasteiger partial charge in [-0.1, -0.05) is 24.6 Å². The van der Waals surface area contributed by atoms with Crippen LogP contribution in [0, 0.1) is 0 Å². The Morgan fingerprint density at radius 2 is 2.04 bits per heavy atom.